The quantitative estimate of drug-likeness (QED) is 0.674. The molecular weight excluding hydrogens is 310 g/mol. The van der Waals surface area contributed by atoms with Crippen LogP contribution in [0.25, 0.3) is 0 Å². The zero-order valence-corrected chi connectivity index (χ0v) is 14.0. The van der Waals surface area contributed by atoms with E-state index in [9.17, 15) is 9.59 Å². The Hall–Kier alpha value is -1.59. The van der Waals surface area contributed by atoms with E-state index in [1.807, 2.05) is 12.1 Å². The number of ketones is 1. The Morgan fingerprint density at radius 1 is 1.30 bits per heavy atom. The van der Waals surface area contributed by atoms with Crippen LogP contribution in [0.2, 0.25) is 0 Å². The molecular formula is C18H21NO3S. The number of fused-ring (bicyclic) bond motifs is 1. The van der Waals surface area contributed by atoms with E-state index in [1.54, 1.807) is 6.92 Å². The molecule has 0 bridgehead atoms. The second-order valence-electron chi connectivity index (χ2n) is 6.17. The van der Waals surface area contributed by atoms with Crippen molar-refractivity contribution >= 4 is 28.8 Å². The SMILES string of the molecule is CCOC(=O)[C@H]1NCC(=S)C1C(=O)C1CCc2ccccc2C1. The number of carbonyl (C=O) groups is 2. The average Bonchev–Trinajstić information content (AvgIpc) is 2.95. The van der Waals surface area contributed by atoms with Crippen LogP contribution >= 0.6 is 12.2 Å². The van der Waals surface area contributed by atoms with Crippen LogP contribution in [0.3, 0.4) is 0 Å². The van der Waals surface area contributed by atoms with Gasteiger partial charge in [-0.1, -0.05) is 36.5 Å². The van der Waals surface area contributed by atoms with Crippen molar-refractivity contribution in [1.29, 1.82) is 0 Å². The Labute approximate surface area is 141 Å². The van der Waals surface area contributed by atoms with Crippen molar-refractivity contribution in [3.05, 3.63) is 35.4 Å². The average molecular weight is 331 g/mol. The minimum Gasteiger partial charge on any atom is -0.465 e. The number of esters is 1. The molecule has 4 nitrogen and oxygen atoms in total. The van der Waals surface area contributed by atoms with Gasteiger partial charge < -0.3 is 4.74 Å². The van der Waals surface area contributed by atoms with Crippen LogP contribution in [0.1, 0.15) is 24.5 Å². The van der Waals surface area contributed by atoms with E-state index in [0.29, 0.717) is 18.0 Å². The fourth-order valence-corrected chi connectivity index (χ4v) is 3.93. The molecule has 1 heterocycles. The number of hydrogen-bond donors (Lipinski definition) is 1. The largest absolute Gasteiger partial charge is 0.465 e. The fraction of sp³-hybridized carbons (Fsp3) is 0.500. The molecule has 3 rings (SSSR count). The van der Waals surface area contributed by atoms with Gasteiger partial charge in [-0.15, -0.1) is 0 Å². The summed E-state index contributed by atoms with van der Waals surface area (Å²) in [5.74, 6) is -0.876. The molecule has 1 aliphatic carbocycles. The van der Waals surface area contributed by atoms with Gasteiger partial charge in [0.25, 0.3) is 0 Å². The van der Waals surface area contributed by atoms with E-state index in [2.05, 4.69) is 17.4 Å². The number of carbonyl (C=O) groups excluding carboxylic acids is 2. The van der Waals surface area contributed by atoms with Gasteiger partial charge in [-0.2, -0.15) is 0 Å². The zero-order valence-electron chi connectivity index (χ0n) is 13.2. The molecule has 0 spiro atoms. The Bertz CT molecular complexity index is 643. The number of Topliss-reactive ketones (excluding diaryl/α,β-unsaturated/α-hetero) is 1. The van der Waals surface area contributed by atoms with Crippen molar-refractivity contribution in [3.8, 4) is 0 Å². The molecule has 3 atom stereocenters. The predicted molar refractivity (Wildman–Crippen MR) is 91.5 cm³/mol. The summed E-state index contributed by atoms with van der Waals surface area (Å²) in [6.07, 6.45) is 2.47. The summed E-state index contributed by atoms with van der Waals surface area (Å²) in [4.78, 5) is 25.7. The highest BCUT2D eigenvalue weighted by Crippen LogP contribution is 2.30. The van der Waals surface area contributed by atoms with Crippen molar-refractivity contribution in [2.45, 2.75) is 32.2 Å². The normalized spacial score (nSPS) is 26.7. The maximum Gasteiger partial charge on any atom is 0.324 e. The van der Waals surface area contributed by atoms with E-state index >= 15 is 0 Å². The third-order valence-electron chi connectivity index (χ3n) is 4.77. The summed E-state index contributed by atoms with van der Waals surface area (Å²) in [5, 5.41) is 3.04. The highest BCUT2D eigenvalue weighted by molar-refractivity contribution is 7.80. The maximum atomic E-state index is 13.0. The number of hydrogen-bond acceptors (Lipinski definition) is 5. The molecule has 5 heteroatoms. The van der Waals surface area contributed by atoms with Gasteiger partial charge in [0.1, 0.15) is 11.8 Å². The summed E-state index contributed by atoms with van der Waals surface area (Å²) in [7, 11) is 0. The van der Waals surface area contributed by atoms with Gasteiger partial charge in [0, 0.05) is 17.3 Å². The minimum absolute atomic E-state index is 0.0651. The van der Waals surface area contributed by atoms with E-state index < -0.39 is 12.0 Å². The topological polar surface area (TPSA) is 55.4 Å². The number of nitrogens with one attached hydrogen (secondary N) is 1. The van der Waals surface area contributed by atoms with Crippen LogP contribution in [-0.2, 0) is 27.2 Å². The van der Waals surface area contributed by atoms with E-state index in [-0.39, 0.29) is 17.7 Å². The van der Waals surface area contributed by atoms with Crippen molar-refractivity contribution in [2.24, 2.45) is 11.8 Å². The summed E-state index contributed by atoms with van der Waals surface area (Å²) in [6.45, 7) is 2.50. The lowest BCUT2D eigenvalue weighted by molar-refractivity contribution is -0.148. The van der Waals surface area contributed by atoms with Gasteiger partial charge >= 0.3 is 5.97 Å². The fourth-order valence-electron chi connectivity index (χ4n) is 3.59. The predicted octanol–water partition coefficient (Wildman–Crippen LogP) is 1.88. The molecule has 1 fully saturated rings. The van der Waals surface area contributed by atoms with Gasteiger partial charge in [-0.3, -0.25) is 14.9 Å². The lowest BCUT2D eigenvalue weighted by atomic mass is 9.77. The molecule has 1 aromatic rings. The van der Waals surface area contributed by atoms with Gasteiger partial charge in [-0.05, 0) is 37.3 Å². The second kappa shape index (κ2) is 6.89. The first-order chi connectivity index (χ1) is 11.1. The number of rotatable bonds is 4. The Morgan fingerprint density at radius 2 is 2.04 bits per heavy atom. The Balaban J connectivity index is 1.76. The zero-order chi connectivity index (χ0) is 16.4. The number of aryl methyl sites for hydroxylation is 1. The lowest BCUT2D eigenvalue weighted by Crippen LogP contribution is -2.43. The van der Waals surface area contributed by atoms with Crippen LogP contribution < -0.4 is 5.32 Å². The summed E-state index contributed by atoms with van der Waals surface area (Å²) < 4.78 is 5.08. The highest BCUT2D eigenvalue weighted by atomic mass is 32.1. The first kappa shape index (κ1) is 16.3. The van der Waals surface area contributed by atoms with Crippen LogP contribution in [0.4, 0.5) is 0 Å². The lowest BCUT2D eigenvalue weighted by Gasteiger charge is -2.27. The third-order valence-corrected chi connectivity index (χ3v) is 5.17. The van der Waals surface area contributed by atoms with Crippen molar-refractivity contribution in [1.82, 2.24) is 5.32 Å². The van der Waals surface area contributed by atoms with Crippen molar-refractivity contribution < 1.29 is 14.3 Å². The molecule has 122 valence electrons. The third kappa shape index (κ3) is 3.21. The molecule has 1 N–H and O–H groups in total. The molecule has 23 heavy (non-hydrogen) atoms. The monoisotopic (exact) mass is 331 g/mol. The molecule has 0 saturated carbocycles. The van der Waals surface area contributed by atoms with E-state index in [4.69, 9.17) is 17.0 Å². The van der Waals surface area contributed by atoms with Gasteiger partial charge in [0.2, 0.25) is 0 Å². The molecule has 0 radical (unpaired) electrons. The number of benzene rings is 1. The number of ether oxygens (including phenoxy) is 1. The molecule has 2 aliphatic rings. The van der Waals surface area contributed by atoms with Crippen LogP contribution in [0, 0.1) is 11.8 Å². The first-order valence-corrected chi connectivity index (χ1v) is 8.56. The summed E-state index contributed by atoms with van der Waals surface area (Å²) >= 11 is 5.35. The van der Waals surface area contributed by atoms with Gasteiger partial charge in [0.15, 0.2) is 0 Å². The van der Waals surface area contributed by atoms with Gasteiger partial charge in [-0.25, -0.2) is 0 Å². The molecule has 1 saturated heterocycles. The van der Waals surface area contributed by atoms with Crippen LogP contribution in [0.15, 0.2) is 24.3 Å². The van der Waals surface area contributed by atoms with E-state index in [0.717, 1.165) is 19.3 Å². The second-order valence-corrected chi connectivity index (χ2v) is 6.69. The molecule has 0 amide bonds. The smallest absolute Gasteiger partial charge is 0.324 e. The first-order valence-electron chi connectivity index (χ1n) is 8.15. The maximum absolute atomic E-state index is 13.0. The number of thiocarbonyl (C=S) groups is 1. The highest BCUT2D eigenvalue weighted by Gasteiger charge is 2.44. The van der Waals surface area contributed by atoms with Crippen molar-refractivity contribution in [2.75, 3.05) is 13.2 Å². The Morgan fingerprint density at radius 3 is 2.78 bits per heavy atom. The molecule has 2 unspecified atom stereocenters. The minimum atomic E-state index is -0.618. The van der Waals surface area contributed by atoms with Crippen molar-refractivity contribution in [3.63, 3.8) is 0 Å². The standard InChI is InChI=1S/C18H21NO3S/c1-2-22-18(21)16-15(14(23)10-19-16)17(20)13-8-7-11-5-3-4-6-12(11)9-13/h3-6,13,15-16,19H,2,7-10H2,1H3/t13?,15?,16-/m0/s1. The van der Waals surface area contributed by atoms with E-state index in [1.165, 1.54) is 11.1 Å². The van der Waals surface area contributed by atoms with Crippen LogP contribution in [-0.4, -0.2) is 35.8 Å². The van der Waals surface area contributed by atoms with Gasteiger partial charge in [0.05, 0.1) is 12.5 Å². The molecule has 1 aliphatic heterocycles. The molecule has 0 aromatic heterocycles. The summed E-state index contributed by atoms with van der Waals surface area (Å²) in [5.41, 5.74) is 2.56. The summed E-state index contributed by atoms with van der Waals surface area (Å²) in [6, 6.07) is 7.64. The van der Waals surface area contributed by atoms with Crippen LogP contribution in [0.5, 0.6) is 0 Å². The molecule has 1 aromatic carbocycles. The Kier molecular flexibility index (Phi) is 4.87.